The van der Waals surface area contributed by atoms with Gasteiger partial charge in [-0.15, -0.1) is 11.3 Å². The number of hydrogen-bond donors (Lipinski definition) is 1. The molecule has 2 nitrogen and oxygen atoms in total. The van der Waals surface area contributed by atoms with Crippen LogP contribution in [0.15, 0.2) is 29.6 Å². The lowest BCUT2D eigenvalue weighted by atomic mass is 9.82. The van der Waals surface area contributed by atoms with Crippen molar-refractivity contribution < 1.29 is 9.84 Å². The molecule has 0 radical (unpaired) electrons. The lowest BCUT2D eigenvalue weighted by Crippen LogP contribution is -2.37. The summed E-state index contributed by atoms with van der Waals surface area (Å²) < 4.78 is 6.96. The largest absolute Gasteiger partial charge is 0.390 e. The Morgan fingerprint density at radius 3 is 2.76 bits per heavy atom. The third-order valence-electron chi connectivity index (χ3n) is 4.76. The van der Waals surface area contributed by atoms with Gasteiger partial charge in [-0.3, -0.25) is 0 Å². The Bertz CT molecular complexity index is 571. The molecule has 1 N–H and O–H groups in total. The molecule has 1 fully saturated rings. The van der Waals surface area contributed by atoms with Gasteiger partial charge < -0.3 is 9.84 Å². The quantitative estimate of drug-likeness (QED) is 0.887. The lowest BCUT2D eigenvalue weighted by Gasteiger charge is -2.32. The molecule has 1 saturated carbocycles. The monoisotopic (exact) mass is 304 g/mol. The number of hydrogen-bond acceptors (Lipinski definition) is 3. The van der Waals surface area contributed by atoms with Gasteiger partial charge in [0.15, 0.2) is 0 Å². The molecule has 114 valence electrons. The minimum atomic E-state index is -0.406. The highest BCUT2D eigenvalue weighted by molar-refractivity contribution is 7.17. The zero-order valence-electron chi connectivity index (χ0n) is 12.6. The second kappa shape index (κ2) is 6.91. The van der Waals surface area contributed by atoms with Crippen LogP contribution in [0.1, 0.15) is 37.7 Å². The minimum Gasteiger partial charge on any atom is -0.390 e. The molecule has 0 bridgehead atoms. The number of benzene rings is 1. The first-order valence-corrected chi connectivity index (χ1v) is 8.83. The topological polar surface area (TPSA) is 29.5 Å². The van der Waals surface area contributed by atoms with Crippen LogP contribution in [0, 0.1) is 5.92 Å². The first-order valence-electron chi connectivity index (χ1n) is 7.95. The van der Waals surface area contributed by atoms with E-state index in [1.165, 1.54) is 47.8 Å². The molecule has 1 aliphatic rings. The molecular formula is C18H24O2S. The molecule has 1 heterocycles. The van der Waals surface area contributed by atoms with Crippen molar-refractivity contribution >= 4 is 21.4 Å². The number of fused-ring (bicyclic) bond motifs is 1. The standard InChI is InChI=1S/C18H24O2S/c1-20-18(13-7-3-2-4-8-13)16(19)11-14-12-21-17-10-6-5-9-15(14)17/h5-6,9-10,12-13,16,18-19H,2-4,7-8,11H2,1H3. The Labute approximate surface area is 130 Å². The van der Waals surface area contributed by atoms with Crippen LogP contribution in [-0.4, -0.2) is 24.4 Å². The summed E-state index contributed by atoms with van der Waals surface area (Å²) in [5.74, 6) is 0.517. The van der Waals surface area contributed by atoms with Gasteiger partial charge in [0, 0.05) is 18.2 Å². The highest BCUT2D eigenvalue weighted by atomic mass is 32.1. The van der Waals surface area contributed by atoms with Gasteiger partial charge in [0.05, 0.1) is 12.2 Å². The van der Waals surface area contributed by atoms with E-state index in [9.17, 15) is 5.11 Å². The second-order valence-electron chi connectivity index (χ2n) is 6.13. The van der Waals surface area contributed by atoms with Crippen LogP contribution in [0.5, 0.6) is 0 Å². The van der Waals surface area contributed by atoms with Crippen LogP contribution in [0.25, 0.3) is 10.1 Å². The van der Waals surface area contributed by atoms with Crippen molar-refractivity contribution in [3.8, 4) is 0 Å². The van der Waals surface area contributed by atoms with E-state index in [1.54, 1.807) is 18.4 Å². The minimum absolute atomic E-state index is 0.0241. The van der Waals surface area contributed by atoms with Crippen LogP contribution in [0.2, 0.25) is 0 Å². The molecule has 2 unspecified atom stereocenters. The van der Waals surface area contributed by atoms with E-state index >= 15 is 0 Å². The van der Waals surface area contributed by atoms with Gasteiger partial charge in [-0.05, 0) is 41.2 Å². The molecule has 0 spiro atoms. The second-order valence-corrected chi connectivity index (χ2v) is 7.04. The lowest BCUT2D eigenvalue weighted by molar-refractivity contribution is -0.0534. The summed E-state index contributed by atoms with van der Waals surface area (Å²) in [6, 6.07) is 8.43. The van der Waals surface area contributed by atoms with Gasteiger partial charge >= 0.3 is 0 Å². The van der Waals surface area contributed by atoms with E-state index in [0.717, 1.165) is 0 Å². The fourth-order valence-electron chi connectivity index (χ4n) is 3.66. The van der Waals surface area contributed by atoms with E-state index in [1.807, 2.05) is 0 Å². The first kappa shape index (κ1) is 15.0. The summed E-state index contributed by atoms with van der Waals surface area (Å²) in [6.07, 6.45) is 6.54. The Balaban J connectivity index is 1.73. The molecule has 1 aromatic heterocycles. The maximum atomic E-state index is 10.7. The van der Waals surface area contributed by atoms with Crippen molar-refractivity contribution in [3.05, 3.63) is 35.2 Å². The third kappa shape index (κ3) is 3.31. The summed E-state index contributed by atoms with van der Waals surface area (Å²) in [7, 11) is 1.74. The molecule has 21 heavy (non-hydrogen) atoms. The summed E-state index contributed by atoms with van der Waals surface area (Å²) in [5, 5.41) is 14.1. The molecule has 2 aromatic rings. The van der Waals surface area contributed by atoms with Crippen molar-refractivity contribution in [2.75, 3.05) is 7.11 Å². The van der Waals surface area contributed by atoms with Crippen LogP contribution in [-0.2, 0) is 11.2 Å². The van der Waals surface area contributed by atoms with E-state index in [-0.39, 0.29) is 6.10 Å². The maximum Gasteiger partial charge on any atom is 0.0861 e. The van der Waals surface area contributed by atoms with Gasteiger partial charge in [-0.25, -0.2) is 0 Å². The van der Waals surface area contributed by atoms with Crippen molar-refractivity contribution in [2.24, 2.45) is 5.92 Å². The normalized spacial score (nSPS) is 19.7. The fourth-order valence-corrected chi connectivity index (χ4v) is 4.63. The Hall–Kier alpha value is -0.900. The Kier molecular flexibility index (Phi) is 4.94. The average Bonchev–Trinajstić information content (AvgIpc) is 2.92. The molecule has 0 saturated heterocycles. The molecule has 0 aliphatic heterocycles. The number of ether oxygens (including phenoxy) is 1. The number of rotatable bonds is 5. The van der Waals surface area contributed by atoms with Crippen LogP contribution in [0.4, 0.5) is 0 Å². The van der Waals surface area contributed by atoms with Crippen molar-refractivity contribution in [1.82, 2.24) is 0 Å². The molecular weight excluding hydrogens is 280 g/mol. The van der Waals surface area contributed by atoms with Gasteiger partial charge in [-0.1, -0.05) is 37.5 Å². The van der Waals surface area contributed by atoms with E-state index in [2.05, 4.69) is 29.6 Å². The molecule has 3 heteroatoms. The number of methoxy groups -OCH3 is 1. The zero-order chi connectivity index (χ0) is 14.7. The Morgan fingerprint density at radius 1 is 1.24 bits per heavy atom. The van der Waals surface area contributed by atoms with E-state index < -0.39 is 6.10 Å². The molecule has 2 atom stereocenters. The van der Waals surface area contributed by atoms with Crippen LogP contribution < -0.4 is 0 Å². The summed E-state index contributed by atoms with van der Waals surface area (Å²) >= 11 is 1.76. The van der Waals surface area contributed by atoms with Gasteiger partial charge in [0.1, 0.15) is 0 Å². The zero-order valence-corrected chi connectivity index (χ0v) is 13.4. The summed E-state index contributed by atoms with van der Waals surface area (Å²) in [4.78, 5) is 0. The predicted molar refractivity (Wildman–Crippen MR) is 88.9 cm³/mol. The molecule has 1 aliphatic carbocycles. The predicted octanol–water partition coefficient (Wildman–Crippen LogP) is 4.40. The van der Waals surface area contributed by atoms with Crippen LogP contribution in [0.3, 0.4) is 0 Å². The fraction of sp³-hybridized carbons (Fsp3) is 0.556. The van der Waals surface area contributed by atoms with E-state index in [4.69, 9.17) is 4.74 Å². The van der Waals surface area contributed by atoms with Crippen molar-refractivity contribution in [2.45, 2.75) is 50.7 Å². The number of aliphatic hydroxyl groups is 1. The average molecular weight is 304 g/mol. The number of aliphatic hydroxyl groups excluding tert-OH is 1. The highest BCUT2D eigenvalue weighted by Crippen LogP contribution is 2.32. The summed E-state index contributed by atoms with van der Waals surface area (Å²) in [6.45, 7) is 0. The molecule has 0 amide bonds. The molecule has 3 rings (SSSR count). The smallest absolute Gasteiger partial charge is 0.0861 e. The maximum absolute atomic E-state index is 10.7. The van der Waals surface area contributed by atoms with Crippen LogP contribution >= 0.6 is 11.3 Å². The first-order chi connectivity index (χ1) is 10.3. The molecule has 1 aromatic carbocycles. The SMILES string of the molecule is COC(C(O)Cc1csc2ccccc12)C1CCCCC1. The summed E-state index contributed by atoms with van der Waals surface area (Å²) in [5.41, 5.74) is 1.25. The van der Waals surface area contributed by atoms with Crippen molar-refractivity contribution in [3.63, 3.8) is 0 Å². The number of thiophene rings is 1. The highest BCUT2D eigenvalue weighted by Gasteiger charge is 2.29. The van der Waals surface area contributed by atoms with Gasteiger partial charge in [-0.2, -0.15) is 0 Å². The van der Waals surface area contributed by atoms with Crippen molar-refractivity contribution in [1.29, 1.82) is 0 Å². The van der Waals surface area contributed by atoms with E-state index in [0.29, 0.717) is 12.3 Å². The Morgan fingerprint density at radius 2 is 2.00 bits per heavy atom. The third-order valence-corrected chi connectivity index (χ3v) is 5.77. The van der Waals surface area contributed by atoms with Gasteiger partial charge in [0.25, 0.3) is 0 Å². The van der Waals surface area contributed by atoms with Gasteiger partial charge in [0.2, 0.25) is 0 Å².